The van der Waals surface area contributed by atoms with Crippen LogP contribution in [0.3, 0.4) is 0 Å². The average Bonchev–Trinajstić information content (AvgIpc) is 3.10. The normalized spacial score (nSPS) is 14.9. The molecule has 0 bridgehead atoms. The Labute approximate surface area is 167 Å². The third kappa shape index (κ3) is 3.71. The van der Waals surface area contributed by atoms with Crippen LogP contribution in [0.4, 0.5) is 0 Å². The number of piperidine rings is 1. The van der Waals surface area contributed by atoms with E-state index < -0.39 is 0 Å². The lowest BCUT2D eigenvalue weighted by Crippen LogP contribution is -2.42. The maximum atomic E-state index is 13.2. The lowest BCUT2D eigenvalue weighted by atomic mass is 10.0. The fourth-order valence-electron chi connectivity index (χ4n) is 3.31. The summed E-state index contributed by atoms with van der Waals surface area (Å²) >= 11 is 6.29. The zero-order chi connectivity index (χ0) is 19.5. The molecule has 7 nitrogen and oxygen atoms in total. The Bertz CT molecular complexity index is 969. The van der Waals surface area contributed by atoms with E-state index in [1.54, 1.807) is 36.5 Å². The molecule has 0 spiro atoms. The largest absolute Gasteiger partial charge is 0.473 e. The summed E-state index contributed by atoms with van der Waals surface area (Å²) in [6.45, 7) is 2.90. The van der Waals surface area contributed by atoms with E-state index in [9.17, 15) is 4.79 Å². The molecule has 1 fully saturated rings. The van der Waals surface area contributed by atoms with E-state index in [0.717, 1.165) is 0 Å². The summed E-state index contributed by atoms with van der Waals surface area (Å²) in [6, 6.07) is 7.29. The van der Waals surface area contributed by atoms with E-state index in [2.05, 4.69) is 15.1 Å². The van der Waals surface area contributed by atoms with Gasteiger partial charge in [-0.15, -0.1) is 0 Å². The van der Waals surface area contributed by atoms with Crippen molar-refractivity contribution in [1.29, 1.82) is 0 Å². The van der Waals surface area contributed by atoms with Crippen molar-refractivity contribution in [2.24, 2.45) is 0 Å². The maximum Gasteiger partial charge on any atom is 0.259 e. The summed E-state index contributed by atoms with van der Waals surface area (Å²) in [4.78, 5) is 23.1. The number of benzene rings is 1. The van der Waals surface area contributed by atoms with Gasteiger partial charge in [-0.1, -0.05) is 35.0 Å². The number of likely N-dealkylation sites (tertiary alicyclic amines) is 1. The van der Waals surface area contributed by atoms with Crippen molar-refractivity contribution < 1.29 is 14.1 Å². The number of aryl methyl sites for hydroxylation is 1. The summed E-state index contributed by atoms with van der Waals surface area (Å²) < 4.78 is 11.2. The predicted octanol–water partition coefficient (Wildman–Crippen LogP) is 3.78. The van der Waals surface area contributed by atoms with Gasteiger partial charge in [0.05, 0.1) is 11.2 Å². The van der Waals surface area contributed by atoms with Crippen molar-refractivity contribution in [3.05, 3.63) is 59.2 Å². The Morgan fingerprint density at radius 3 is 2.75 bits per heavy atom. The molecule has 1 amide bonds. The molecular weight excluding hydrogens is 380 g/mol. The van der Waals surface area contributed by atoms with Crippen LogP contribution in [0.25, 0.3) is 11.3 Å². The number of hydrogen-bond donors (Lipinski definition) is 0. The first kappa shape index (κ1) is 18.4. The topological polar surface area (TPSA) is 81.4 Å². The van der Waals surface area contributed by atoms with Crippen LogP contribution >= 0.6 is 11.6 Å². The van der Waals surface area contributed by atoms with Crippen molar-refractivity contribution in [2.75, 3.05) is 13.1 Å². The summed E-state index contributed by atoms with van der Waals surface area (Å²) in [6.07, 6.45) is 6.23. The van der Waals surface area contributed by atoms with E-state index >= 15 is 0 Å². The van der Waals surface area contributed by atoms with Crippen LogP contribution in [0.5, 0.6) is 5.88 Å². The van der Waals surface area contributed by atoms with Crippen molar-refractivity contribution in [3.63, 3.8) is 0 Å². The quantitative estimate of drug-likeness (QED) is 0.665. The predicted molar refractivity (Wildman–Crippen MR) is 103 cm³/mol. The molecular formula is C20H19ClN4O3. The second kappa shape index (κ2) is 7.98. The summed E-state index contributed by atoms with van der Waals surface area (Å²) in [5.41, 5.74) is 1.62. The van der Waals surface area contributed by atoms with Crippen LogP contribution in [0, 0.1) is 6.92 Å². The van der Waals surface area contributed by atoms with Crippen LogP contribution in [0.1, 0.15) is 29.0 Å². The number of carbonyl (C=O) groups excluding carboxylic acids is 1. The van der Waals surface area contributed by atoms with Gasteiger partial charge in [-0.25, -0.2) is 4.98 Å². The maximum absolute atomic E-state index is 13.2. The summed E-state index contributed by atoms with van der Waals surface area (Å²) in [7, 11) is 0. The van der Waals surface area contributed by atoms with Gasteiger partial charge in [0.1, 0.15) is 23.1 Å². The van der Waals surface area contributed by atoms with Crippen LogP contribution in [-0.4, -0.2) is 45.1 Å². The molecule has 3 heterocycles. The van der Waals surface area contributed by atoms with Crippen molar-refractivity contribution in [3.8, 4) is 17.1 Å². The average molecular weight is 399 g/mol. The molecule has 0 saturated carbocycles. The summed E-state index contributed by atoms with van der Waals surface area (Å²) in [5.74, 6) is 0.882. The van der Waals surface area contributed by atoms with Gasteiger partial charge in [0.25, 0.3) is 5.91 Å². The van der Waals surface area contributed by atoms with Gasteiger partial charge in [0, 0.05) is 43.9 Å². The van der Waals surface area contributed by atoms with E-state index in [-0.39, 0.29) is 12.0 Å². The molecule has 28 heavy (non-hydrogen) atoms. The smallest absolute Gasteiger partial charge is 0.259 e. The molecule has 0 aliphatic carbocycles. The number of rotatable bonds is 4. The monoisotopic (exact) mass is 398 g/mol. The highest BCUT2D eigenvalue weighted by Crippen LogP contribution is 2.32. The minimum atomic E-state index is -0.105. The van der Waals surface area contributed by atoms with Gasteiger partial charge < -0.3 is 14.2 Å². The SMILES string of the molecule is Cc1onc(-c2ccccc2Cl)c1C(=O)N1CCC(Oc2cnccn2)CC1. The highest BCUT2D eigenvalue weighted by molar-refractivity contribution is 6.33. The zero-order valence-electron chi connectivity index (χ0n) is 15.3. The van der Waals surface area contributed by atoms with E-state index in [0.29, 0.717) is 59.4 Å². The Kier molecular flexibility index (Phi) is 5.25. The number of amides is 1. The first-order chi connectivity index (χ1) is 13.6. The highest BCUT2D eigenvalue weighted by Gasteiger charge is 2.30. The molecule has 1 aromatic carbocycles. The molecule has 8 heteroatoms. The molecule has 0 N–H and O–H groups in total. The lowest BCUT2D eigenvalue weighted by Gasteiger charge is -2.31. The number of carbonyl (C=O) groups is 1. The van der Waals surface area contributed by atoms with E-state index in [1.165, 1.54) is 0 Å². The van der Waals surface area contributed by atoms with Gasteiger partial charge in [0.15, 0.2) is 0 Å². The molecule has 2 aromatic heterocycles. The molecule has 1 saturated heterocycles. The van der Waals surface area contributed by atoms with E-state index in [4.69, 9.17) is 20.9 Å². The lowest BCUT2D eigenvalue weighted by molar-refractivity contribution is 0.0586. The first-order valence-corrected chi connectivity index (χ1v) is 9.44. The van der Waals surface area contributed by atoms with Gasteiger partial charge in [-0.2, -0.15) is 0 Å². The third-order valence-corrected chi connectivity index (χ3v) is 5.09. The Morgan fingerprint density at radius 1 is 1.25 bits per heavy atom. The minimum Gasteiger partial charge on any atom is -0.473 e. The minimum absolute atomic E-state index is 0.00681. The second-order valence-electron chi connectivity index (χ2n) is 6.60. The molecule has 0 unspecified atom stereocenters. The van der Waals surface area contributed by atoms with Crippen molar-refractivity contribution in [2.45, 2.75) is 25.9 Å². The van der Waals surface area contributed by atoms with Crippen LogP contribution in [0.15, 0.2) is 47.4 Å². The molecule has 144 valence electrons. The molecule has 4 rings (SSSR count). The highest BCUT2D eigenvalue weighted by atomic mass is 35.5. The Morgan fingerprint density at radius 2 is 2.04 bits per heavy atom. The van der Waals surface area contributed by atoms with Crippen molar-refractivity contribution in [1.82, 2.24) is 20.0 Å². The van der Waals surface area contributed by atoms with Gasteiger partial charge in [-0.3, -0.25) is 9.78 Å². The number of aromatic nitrogens is 3. The van der Waals surface area contributed by atoms with Crippen LogP contribution < -0.4 is 4.74 Å². The second-order valence-corrected chi connectivity index (χ2v) is 7.00. The van der Waals surface area contributed by atoms with E-state index in [1.807, 2.05) is 18.2 Å². The number of ether oxygens (including phenoxy) is 1. The summed E-state index contributed by atoms with van der Waals surface area (Å²) in [5, 5.41) is 4.62. The van der Waals surface area contributed by atoms with Crippen LogP contribution in [-0.2, 0) is 0 Å². The Hall–Kier alpha value is -2.93. The van der Waals surface area contributed by atoms with Gasteiger partial charge in [0.2, 0.25) is 5.88 Å². The number of halogens is 1. The number of hydrogen-bond acceptors (Lipinski definition) is 6. The molecule has 1 aliphatic heterocycles. The van der Waals surface area contributed by atoms with Gasteiger partial charge >= 0.3 is 0 Å². The van der Waals surface area contributed by atoms with Crippen molar-refractivity contribution >= 4 is 17.5 Å². The fourth-order valence-corrected chi connectivity index (χ4v) is 3.54. The molecule has 0 radical (unpaired) electrons. The fraction of sp³-hybridized carbons (Fsp3) is 0.300. The molecule has 1 aliphatic rings. The first-order valence-electron chi connectivity index (χ1n) is 9.06. The number of nitrogens with zero attached hydrogens (tertiary/aromatic N) is 4. The van der Waals surface area contributed by atoms with Crippen LogP contribution in [0.2, 0.25) is 5.02 Å². The zero-order valence-corrected chi connectivity index (χ0v) is 16.1. The molecule has 0 atom stereocenters. The standard InChI is InChI=1S/C20H19ClN4O3/c1-13-18(19(24-28-13)15-4-2-3-5-16(15)21)20(26)25-10-6-14(7-11-25)27-17-12-22-8-9-23-17/h2-5,8-9,12,14H,6-7,10-11H2,1H3. The van der Waals surface area contributed by atoms with Gasteiger partial charge in [-0.05, 0) is 13.0 Å². The molecule has 3 aromatic rings. The Balaban J connectivity index is 1.48. The third-order valence-electron chi connectivity index (χ3n) is 4.76.